The van der Waals surface area contributed by atoms with Crippen LogP contribution in [0.15, 0.2) is 36.5 Å². The summed E-state index contributed by atoms with van der Waals surface area (Å²) in [4.78, 5) is 4.88. The Kier molecular flexibility index (Phi) is 3.40. The number of likely N-dealkylation sites (N-methyl/N-ethyl adjacent to an activating group) is 1. The summed E-state index contributed by atoms with van der Waals surface area (Å²) in [6.07, 6.45) is 2.25. The number of rotatable bonds is 2. The van der Waals surface area contributed by atoms with Crippen LogP contribution in [-0.2, 0) is 0 Å². The van der Waals surface area contributed by atoms with Crippen LogP contribution >= 0.6 is 0 Å². The van der Waals surface area contributed by atoms with Gasteiger partial charge >= 0.3 is 0 Å². The van der Waals surface area contributed by atoms with E-state index in [4.69, 9.17) is 0 Å². The highest BCUT2D eigenvalue weighted by Gasteiger charge is 2.18. The minimum atomic E-state index is 0.987. The molecule has 0 unspecified atom stereocenters. The van der Waals surface area contributed by atoms with Crippen molar-refractivity contribution in [3.05, 3.63) is 47.7 Å². The molecule has 3 rings (SSSR count). The van der Waals surface area contributed by atoms with Crippen molar-refractivity contribution in [2.75, 3.05) is 39.8 Å². The molecule has 19 heavy (non-hydrogen) atoms. The van der Waals surface area contributed by atoms with Gasteiger partial charge in [-0.05, 0) is 18.7 Å². The number of nitrogens with zero attached hydrogens (tertiary/aromatic N) is 2. The summed E-state index contributed by atoms with van der Waals surface area (Å²) in [5.74, 6) is 0. The minimum Gasteiger partial charge on any atom is -0.358 e. The maximum atomic E-state index is 4.13. The molecule has 1 fully saturated rings. The van der Waals surface area contributed by atoms with Crippen molar-refractivity contribution in [1.29, 1.82) is 0 Å². The standard InChI is InChI=1S/C16H21N3/c1-13-16-6-4-3-5-14(16)11-15(17-13)12-19-9-7-18(2)8-10-19/h3-6,11,17H,1,7-10,12H2,2H3. The lowest BCUT2D eigenvalue weighted by Crippen LogP contribution is -2.46. The smallest absolute Gasteiger partial charge is 0.0388 e. The van der Waals surface area contributed by atoms with E-state index in [-0.39, 0.29) is 0 Å². The van der Waals surface area contributed by atoms with Gasteiger partial charge in [0.15, 0.2) is 0 Å². The normalized spacial score (nSPS) is 20.7. The molecule has 0 saturated carbocycles. The molecule has 0 radical (unpaired) electrons. The van der Waals surface area contributed by atoms with Crippen LogP contribution in [0.3, 0.4) is 0 Å². The molecular weight excluding hydrogens is 234 g/mol. The molecule has 0 aliphatic carbocycles. The Balaban J connectivity index is 1.73. The lowest BCUT2D eigenvalue weighted by Gasteiger charge is -2.34. The lowest BCUT2D eigenvalue weighted by molar-refractivity contribution is 0.163. The van der Waals surface area contributed by atoms with Gasteiger partial charge in [-0.25, -0.2) is 0 Å². The van der Waals surface area contributed by atoms with Crippen LogP contribution in [0.1, 0.15) is 11.1 Å². The molecule has 0 bridgehead atoms. The number of hydrogen-bond donors (Lipinski definition) is 1. The highest BCUT2D eigenvalue weighted by atomic mass is 15.2. The number of hydrogen-bond acceptors (Lipinski definition) is 3. The summed E-state index contributed by atoms with van der Waals surface area (Å²) in [6.45, 7) is 9.72. The van der Waals surface area contributed by atoms with Gasteiger partial charge in [-0.1, -0.05) is 30.8 Å². The van der Waals surface area contributed by atoms with Gasteiger partial charge in [-0.3, -0.25) is 4.90 Å². The summed E-state index contributed by atoms with van der Waals surface area (Å²) in [5.41, 5.74) is 4.76. The number of piperazine rings is 1. The maximum Gasteiger partial charge on any atom is 0.0388 e. The molecule has 1 aromatic rings. The fraction of sp³-hybridized carbons (Fsp3) is 0.375. The SMILES string of the molecule is C=C1NC(CN2CCN(C)CC2)=Cc2ccccc21. The molecule has 0 aromatic heterocycles. The molecule has 2 aliphatic heterocycles. The molecule has 0 spiro atoms. The lowest BCUT2D eigenvalue weighted by atomic mass is 10.0. The second kappa shape index (κ2) is 5.19. The molecular formula is C16H21N3. The Morgan fingerprint density at radius 3 is 2.68 bits per heavy atom. The van der Waals surface area contributed by atoms with Crippen molar-refractivity contribution >= 4 is 11.8 Å². The first-order valence-corrected chi connectivity index (χ1v) is 6.89. The van der Waals surface area contributed by atoms with E-state index in [0.29, 0.717) is 0 Å². The van der Waals surface area contributed by atoms with Crippen molar-refractivity contribution in [3.63, 3.8) is 0 Å². The molecule has 1 saturated heterocycles. The van der Waals surface area contributed by atoms with E-state index in [1.807, 2.05) is 0 Å². The summed E-state index contributed by atoms with van der Waals surface area (Å²) in [5, 5.41) is 3.44. The number of nitrogens with one attached hydrogen (secondary N) is 1. The minimum absolute atomic E-state index is 0.987. The second-order valence-corrected chi connectivity index (χ2v) is 5.44. The topological polar surface area (TPSA) is 18.5 Å². The van der Waals surface area contributed by atoms with Crippen molar-refractivity contribution in [1.82, 2.24) is 15.1 Å². The fourth-order valence-electron chi connectivity index (χ4n) is 2.71. The first kappa shape index (κ1) is 12.5. The summed E-state index contributed by atoms with van der Waals surface area (Å²) >= 11 is 0. The fourth-order valence-corrected chi connectivity index (χ4v) is 2.71. The first-order valence-electron chi connectivity index (χ1n) is 6.89. The van der Waals surface area contributed by atoms with Gasteiger partial charge in [0.1, 0.15) is 0 Å². The van der Waals surface area contributed by atoms with E-state index in [9.17, 15) is 0 Å². The van der Waals surface area contributed by atoms with Crippen LogP contribution in [0.5, 0.6) is 0 Å². The van der Waals surface area contributed by atoms with Crippen LogP contribution in [0.2, 0.25) is 0 Å². The third-order valence-corrected chi connectivity index (χ3v) is 3.92. The summed E-state index contributed by atoms with van der Waals surface area (Å²) in [6, 6.07) is 8.42. The number of fused-ring (bicyclic) bond motifs is 1. The van der Waals surface area contributed by atoms with Crippen LogP contribution in [0, 0.1) is 0 Å². The van der Waals surface area contributed by atoms with Crippen LogP contribution in [0.4, 0.5) is 0 Å². The maximum absolute atomic E-state index is 4.13. The predicted molar refractivity (Wildman–Crippen MR) is 80.5 cm³/mol. The largest absolute Gasteiger partial charge is 0.358 e. The Morgan fingerprint density at radius 1 is 1.16 bits per heavy atom. The predicted octanol–water partition coefficient (Wildman–Crippen LogP) is 1.85. The second-order valence-electron chi connectivity index (χ2n) is 5.44. The van der Waals surface area contributed by atoms with Gasteiger partial charge in [0.25, 0.3) is 0 Å². The Morgan fingerprint density at radius 2 is 1.89 bits per heavy atom. The highest BCUT2D eigenvalue weighted by Crippen LogP contribution is 2.24. The first-order chi connectivity index (χ1) is 9.22. The zero-order valence-corrected chi connectivity index (χ0v) is 11.5. The molecule has 2 aliphatic rings. The monoisotopic (exact) mass is 255 g/mol. The number of benzene rings is 1. The van der Waals surface area contributed by atoms with E-state index in [1.165, 1.54) is 16.8 Å². The molecule has 3 heteroatoms. The third kappa shape index (κ3) is 2.72. The summed E-state index contributed by atoms with van der Waals surface area (Å²) < 4.78 is 0. The molecule has 1 N–H and O–H groups in total. The molecule has 2 heterocycles. The Labute approximate surface area is 115 Å². The van der Waals surface area contributed by atoms with Gasteiger partial charge in [0, 0.05) is 49.7 Å². The average molecular weight is 255 g/mol. The van der Waals surface area contributed by atoms with E-state index >= 15 is 0 Å². The molecule has 0 atom stereocenters. The summed E-state index contributed by atoms with van der Waals surface area (Å²) in [7, 11) is 2.19. The molecule has 0 amide bonds. The van der Waals surface area contributed by atoms with E-state index in [1.54, 1.807) is 0 Å². The molecule has 100 valence electrons. The van der Waals surface area contributed by atoms with E-state index in [0.717, 1.165) is 38.4 Å². The van der Waals surface area contributed by atoms with E-state index < -0.39 is 0 Å². The van der Waals surface area contributed by atoms with Crippen molar-refractivity contribution in [2.24, 2.45) is 0 Å². The zero-order chi connectivity index (χ0) is 13.2. The van der Waals surface area contributed by atoms with Gasteiger partial charge in [-0.2, -0.15) is 0 Å². The van der Waals surface area contributed by atoms with Gasteiger partial charge in [-0.15, -0.1) is 0 Å². The van der Waals surface area contributed by atoms with Crippen LogP contribution in [0.25, 0.3) is 11.8 Å². The van der Waals surface area contributed by atoms with Gasteiger partial charge in [0.05, 0.1) is 0 Å². The van der Waals surface area contributed by atoms with Crippen LogP contribution < -0.4 is 5.32 Å². The van der Waals surface area contributed by atoms with Gasteiger partial charge < -0.3 is 10.2 Å². The van der Waals surface area contributed by atoms with Crippen molar-refractivity contribution in [3.8, 4) is 0 Å². The Hall–Kier alpha value is -1.58. The van der Waals surface area contributed by atoms with E-state index in [2.05, 4.69) is 59.1 Å². The van der Waals surface area contributed by atoms with Gasteiger partial charge in [0.2, 0.25) is 0 Å². The highest BCUT2D eigenvalue weighted by molar-refractivity contribution is 5.78. The molecule has 1 aromatic carbocycles. The average Bonchev–Trinajstić information content (AvgIpc) is 2.42. The quantitative estimate of drug-likeness (QED) is 0.870. The molecule has 3 nitrogen and oxygen atoms in total. The van der Waals surface area contributed by atoms with Crippen molar-refractivity contribution < 1.29 is 0 Å². The Bertz CT molecular complexity index is 510. The van der Waals surface area contributed by atoms with Crippen molar-refractivity contribution in [2.45, 2.75) is 0 Å². The third-order valence-electron chi connectivity index (χ3n) is 3.92. The van der Waals surface area contributed by atoms with Crippen LogP contribution in [-0.4, -0.2) is 49.6 Å². The zero-order valence-electron chi connectivity index (χ0n) is 11.5.